The lowest BCUT2D eigenvalue weighted by atomic mass is 10.1. The van der Waals surface area contributed by atoms with E-state index in [1.165, 1.54) is 37.0 Å². The zero-order valence-corrected chi connectivity index (χ0v) is 13.4. The van der Waals surface area contributed by atoms with Gasteiger partial charge in [0.25, 0.3) is 5.91 Å². The van der Waals surface area contributed by atoms with Crippen molar-refractivity contribution in [1.29, 1.82) is 0 Å². The van der Waals surface area contributed by atoms with Gasteiger partial charge in [0.1, 0.15) is 0 Å². The van der Waals surface area contributed by atoms with Crippen molar-refractivity contribution in [3.05, 3.63) is 15.5 Å². The van der Waals surface area contributed by atoms with Gasteiger partial charge in [0.2, 0.25) is 5.78 Å². The number of aromatic nitrogens is 1. The highest BCUT2D eigenvalue weighted by atomic mass is 35.5. The molecule has 0 bridgehead atoms. The molecule has 1 aromatic heterocycles. The minimum Gasteiger partial charge on any atom is -0.349 e. The number of carbonyl (C=O) groups excluding carboxylic acids is 2. The first kappa shape index (κ1) is 17.1. The average Bonchev–Trinajstić information content (AvgIpc) is 2.82. The standard InChI is InChI=1S/C14H21ClN2O2S/c1-2-3-4-5-6-7-8-16-13(19)12(18)9-11-10-20-14(15)17-11/h10H,2-9H2,1H3,(H,16,19). The number of Topliss-reactive ketones (excluding diaryl/α,β-unsaturated/α-hetero) is 1. The Morgan fingerprint density at radius 1 is 1.25 bits per heavy atom. The van der Waals surface area contributed by atoms with Crippen LogP contribution in [0.4, 0.5) is 0 Å². The molecule has 0 spiro atoms. The van der Waals surface area contributed by atoms with Gasteiger partial charge < -0.3 is 5.32 Å². The molecule has 1 N–H and O–H groups in total. The third-order valence-corrected chi connectivity index (χ3v) is 3.96. The van der Waals surface area contributed by atoms with E-state index in [1.54, 1.807) is 5.38 Å². The summed E-state index contributed by atoms with van der Waals surface area (Å²) in [4.78, 5) is 27.2. The van der Waals surface area contributed by atoms with Crippen LogP contribution in [0.25, 0.3) is 0 Å². The van der Waals surface area contributed by atoms with Crippen LogP contribution in [0.15, 0.2) is 5.38 Å². The predicted molar refractivity (Wildman–Crippen MR) is 82.2 cm³/mol. The van der Waals surface area contributed by atoms with E-state index in [1.807, 2.05) is 0 Å². The lowest BCUT2D eigenvalue weighted by molar-refractivity contribution is -0.137. The predicted octanol–water partition coefficient (Wildman–Crippen LogP) is 3.38. The van der Waals surface area contributed by atoms with Gasteiger partial charge in [-0.3, -0.25) is 9.59 Å². The van der Waals surface area contributed by atoms with Crippen molar-refractivity contribution in [2.45, 2.75) is 51.9 Å². The molecule has 1 rings (SSSR count). The van der Waals surface area contributed by atoms with Crippen molar-refractivity contribution < 1.29 is 9.59 Å². The molecular formula is C14H21ClN2O2S. The molecule has 112 valence electrons. The normalized spacial score (nSPS) is 10.5. The van der Waals surface area contributed by atoms with Gasteiger partial charge in [-0.05, 0) is 6.42 Å². The Hall–Kier alpha value is -0.940. The summed E-state index contributed by atoms with van der Waals surface area (Å²) in [6, 6.07) is 0. The second-order valence-corrected chi connectivity index (χ2v) is 6.16. The van der Waals surface area contributed by atoms with E-state index in [9.17, 15) is 9.59 Å². The molecule has 0 unspecified atom stereocenters. The summed E-state index contributed by atoms with van der Waals surface area (Å²) in [6.45, 7) is 2.75. The minimum absolute atomic E-state index is 0.0194. The molecule has 0 aliphatic rings. The Balaban J connectivity index is 2.11. The van der Waals surface area contributed by atoms with E-state index >= 15 is 0 Å². The van der Waals surface area contributed by atoms with E-state index in [-0.39, 0.29) is 6.42 Å². The number of hydrogen-bond donors (Lipinski definition) is 1. The average molecular weight is 317 g/mol. The Bertz CT molecular complexity index is 435. The summed E-state index contributed by atoms with van der Waals surface area (Å²) in [5, 5.41) is 4.35. The third-order valence-electron chi connectivity index (χ3n) is 2.93. The molecule has 0 radical (unpaired) electrons. The van der Waals surface area contributed by atoms with Crippen molar-refractivity contribution in [3.8, 4) is 0 Å². The number of unbranched alkanes of at least 4 members (excludes halogenated alkanes) is 5. The van der Waals surface area contributed by atoms with Crippen LogP contribution in [-0.4, -0.2) is 23.2 Å². The highest BCUT2D eigenvalue weighted by Crippen LogP contribution is 2.15. The van der Waals surface area contributed by atoms with Crippen LogP contribution in [0.5, 0.6) is 0 Å². The largest absolute Gasteiger partial charge is 0.349 e. The van der Waals surface area contributed by atoms with Crippen molar-refractivity contribution in [3.63, 3.8) is 0 Å². The molecule has 1 heterocycles. The van der Waals surface area contributed by atoms with Gasteiger partial charge in [-0.2, -0.15) is 0 Å². The molecular weight excluding hydrogens is 296 g/mol. The van der Waals surface area contributed by atoms with E-state index in [4.69, 9.17) is 11.6 Å². The van der Waals surface area contributed by atoms with Crippen LogP contribution in [0.1, 0.15) is 51.1 Å². The number of carbonyl (C=O) groups is 2. The van der Waals surface area contributed by atoms with Crippen LogP contribution < -0.4 is 5.32 Å². The maximum Gasteiger partial charge on any atom is 0.287 e. The Morgan fingerprint density at radius 3 is 2.60 bits per heavy atom. The number of nitrogens with one attached hydrogen (secondary N) is 1. The first-order valence-electron chi connectivity index (χ1n) is 7.04. The molecule has 0 aliphatic heterocycles. The fourth-order valence-electron chi connectivity index (χ4n) is 1.81. The van der Waals surface area contributed by atoms with Crippen LogP contribution in [0.3, 0.4) is 0 Å². The zero-order chi connectivity index (χ0) is 14.8. The number of halogens is 1. The maximum absolute atomic E-state index is 11.6. The molecule has 0 aliphatic carbocycles. The van der Waals surface area contributed by atoms with Gasteiger partial charge in [-0.15, -0.1) is 11.3 Å². The highest BCUT2D eigenvalue weighted by molar-refractivity contribution is 7.13. The van der Waals surface area contributed by atoms with E-state index in [0.717, 1.165) is 12.8 Å². The second kappa shape index (κ2) is 9.88. The Kier molecular flexibility index (Phi) is 8.46. The summed E-state index contributed by atoms with van der Waals surface area (Å²) in [6.07, 6.45) is 6.96. The summed E-state index contributed by atoms with van der Waals surface area (Å²) in [5.74, 6) is -0.986. The SMILES string of the molecule is CCCCCCCCNC(=O)C(=O)Cc1csc(Cl)n1. The third kappa shape index (κ3) is 7.01. The number of thiazole rings is 1. The van der Waals surface area contributed by atoms with Crippen LogP contribution in [0, 0.1) is 0 Å². The van der Waals surface area contributed by atoms with Crippen molar-refractivity contribution in [1.82, 2.24) is 10.3 Å². The van der Waals surface area contributed by atoms with E-state index < -0.39 is 11.7 Å². The first-order valence-corrected chi connectivity index (χ1v) is 8.30. The first-order chi connectivity index (χ1) is 9.63. The lowest BCUT2D eigenvalue weighted by Crippen LogP contribution is -2.32. The summed E-state index contributed by atoms with van der Waals surface area (Å²) >= 11 is 6.93. The van der Waals surface area contributed by atoms with Gasteiger partial charge >= 0.3 is 0 Å². The molecule has 4 nitrogen and oxygen atoms in total. The highest BCUT2D eigenvalue weighted by Gasteiger charge is 2.15. The molecule has 0 fully saturated rings. The topological polar surface area (TPSA) is 59.1 Å². The molecule has 0 saturated carbocycles. The van der Waals surface area contributed by atoms with Gasteiger partial charge in [-0.1, -0.05) is 50.6 Å². The molecule has 6 heteroatoms. The maximum atomic E-state index is 11.6. The molecule has 20 heavy (non-hydrogen) atoms. The number of amides is 1. The Labute approximate surface area is 128 Å². The van der Waals surface area contributed by atoms with Crippen molar-refractivity contribution >= 4 is 34.6 Å². The zero-order valence-electron chi connectivity index (χ0n) is 11.8. The summed E-state index contributed by atoms with van der Waals surface area (Å²) in [5.41, 5.74) is 0.555. The van der Waals surface area contributed by atoms with E-state index in [2.05, 4.69) is 17.2 Å². The molecule has 0 atom stereocenters. The number of hydrogen-bond acceptors (Lipinski definition) is 4. The molecule has 1 amide bonds. The van der Waals surface area contributed by atoms with Gasteiger partial charge in [0.05, 0.1) is 12.1 Å². The van der Waals surface area contributed by atoms with Crippen molar-refractivity contribution in [2.24, 2.45) is 0 Å². The monoisotopic (exact) mass is 316 g/mol. The van der Waals surface area contributed by atoms with Gasteiger partial charge in [-0.25, -0.2) is 4.98 Å². The van der Waals surface area contributed by atoms with Crippen LogP contribution in [0.2, 0.25) is 4.47 Å². The lowest BCUT2D eigenvalue weighted by Gasteiger charge is -2.04. The number of nitrogens with zero attached hydrogens (tertiary/aromatic N) is 1. The Morgan fingerprint density at radius 2 is 1.95 bits per heavy atom. The summed E-state index contributed by atoms with van der Waals surface area (Å²) in [7, 11) is 0. The van der Waals surface area contributed by atoms with Gasteiger partial charge in [0.15, 0.2) is 4.47 Å². The fraction of sp³-hybridized carbons (Fsp3) is 0.643. The quantitative estimate of drug-likeness (QED) is 0.531. The van der Waals surface area contributed by atoms with E-state index in [0.29, 0.717) is 16.7 Å². The summed E-state index contributed by atoms with van der Waals surface area (Å²) < 4.78 is 0.389. The van der Waals surface area contributed by atoms with Gasteiger partial charge in [0, 0.05) is 11.9 Å². The van der Waals surface area contributed by atoms with Crippen molar-refractivity contribution in [2.75, 3.05) is 6.54 Å². The number of rotatable bonds is 10. The van der Waals surface area contributed by atoms with Crippen LogP contribution >= 0.6 is 22.9 Å². The smallest absolute Gasteiger partial charge is 0.287 e. The molecule has 0 saturated heterocycles. The molecule has 0 aromatic carbocycles. The second-order valence-electron chi connectivity index (χ2n) is 4.72. The number of ketones is 1. The molecule has 1 aromatic rings. The fourth-order valence-corrected chi connectivity index (χ4v) is 2.60. The van der Waals surface area contributed by atoms with Crippen LogP contribution in [-0.2, 0) is 16.0 Å². The minimum atomic E-state index is -0.525.